The quantitative estimate of drug-likeness (QED) is 0.809. The molecule has 7 nitrogen and oxygen atoms in total. The van der Waals surface area contributed by atoms with Crippen LogP contribution in [0, 0.1) is 0 Å². The molecular formula is C11H16F3N3O4S2. The molecule has 0 radical (unpaired) electrons. The third-order valence-corrected chi connectivity index (χ3v) is 5.75. The summed E-state index contributed by atoms with van der Waals surface area (Å²) in [5.74, 6) is 0. The van der Waals surface area contributed by atoms with Crippen molar-refractivity contribution in [3.8, 4) is 0 Å². The zero-order valence-electron chi connectivity index (χ0n) is 12.5. The minimum absolute atomic E-state index is 0.0771. The standard InChI is InChI=1S/C11H16F3N3O4S2/c1-16(2)23(20,21)17(3)8-9-6-4-5-7-10(9)15-22(18,19)11(12,13)14/h4-7,15H,8H2,1-3H3. The molecule has 0 unspecified atom stereocenters. The molecule has 0 heterocycles. The highest BCUT2D eigenvalue weighted by Gasteiger charge is 2.46. The molecule has 0 saturated carbocycles. The van der Waals surface area contributed by atoms with E-state index in [1.54, 1.807) is 0 Å². The van der Waals surface area contributed by atoms with E-state index >= 15 is 0 Å². The molecule has 0 amide bonds. The van der Waals surface area contributed by atoms with Crippen LogP contribution < -0.4 is 4.72 Å². The van der Waals surface area contributed by atoms with Gasteiger partial charge in [-0.1, -0.05) is 18.2 Å². The number of rotatable bonds is 6. The Balaban J connectivity index is 3.14. The van der Waals surface area contributed by atoms with Gasteiger partial charge in [-0.05, 0) is 11.6 Å². The van der Waals surface area contributed by atoms with E-state index in [1.165, 1.54) is 44.1 Å². The third-order valence-electron chi connectivity index (χ3n) is 2.81. The maximum absolute atomic E-state index is 12.4. The number of halogens is 3. The number of benzene rings is 1. The van der Waals surface area contributed by atoms with Crippen molar-refractivity contribution in [2.24, 2.45) is 0 Å². The van der Waals surface area contributed by atoms with Crippen molar-refractivity contribution in [1.82, 2.24) is 8.61 Å². The second-order valence-corrected chi connectivity index (χ2v) is 8.68. The van der Waals surface area contributed by atoms with E-state index in [1.807, 2.05) is 0 Å². The number of para-hydroxylation sites is 1. The first-order valence-corrected chi connectivity index (χ1v) is 8.98. The fourth-order valence-electron chi connectivity index (χ4n) is 1.56. The first kappa shape index (κ1) is 19.7. The third kappa shape index (κ3) is 4.56. The predicted molar refractivity (Wildman–Crippen MR) is 79.1 cm³/mol. The molecule has 0 aliphatic rings. The molecule has 132 valence electrons. The fraction of sp³-hybridized carbons (Fsp3) is 0.455. The number of nitrogens with one attached hydrogen (secondary N) is 1. The smallest absolute Gasteiger partial charge is 0.276 e. The Kier molecular flexibility index (Phi) is 5.67. The number of anilines is 1. The molecule has 0 aromatic heterocycles. The van der Waals surface area contributed by atoms with Crippen LogP contribution in [-0.4, -0.2) is 52.1 Å². The highest BCUT2D eigenvalue weighted by atomic mass is 32.2. The average molecular weight is 375 g/mol. The van der Waals surface area contributed by atoms with Crippen LogP contribution in [0.25, 0.3) is 0 Å². The lowest BCUT2D eigenvalue weighted by Crippen LogP contribution is -2.37. The minimum Gasteiger partial charge on any atom is -0.276 e. The molecule has 1 rings (SSSR count). The van der Waals surface area contributed by atoms with Crippen LogP contribution in [0.1, 0.15) is 5.56 Å². The number of hydrogen-bond donors (Lipinski definition) is 1. The van der Waals surface area contributed by atoms with Crippen LogP contribution in [0.4, 0.5) is 18.9 Å². The van der Waals surface area contributed by atoms with E-state index in [0.29, 0.717) is 0 Å². The van der Waals surface area contributed by atoms with Gasteiger partial charge in [-0.3, -0.25) is 4.72 Å². The van der Waals surface area contributed by atoms with Crippen molar-refractivity contribution in [1.29, 1.82) is 0 Å². The maximum Gasteiger partial charge on any atom is 0.516 e. The van der Waals surface area contributed by atoms with Gasteiger partial charge in [-0.15, -0.1) is 0 Å². The normalized spacial score (nSPS) is 13.6. The van der Waals surface area contributed by atoms with Gasteiger partial charge in [0.2, 0.25) is 0 Å². The molecule has 23 heavy (non-hydrogen) atoms. The number of alkyl halides is 3. The van der Waals surface area contributed by atoms with Crippen molar-refractivity contribution in [2.45, 2.75) is 12.1 Å². The van der Waals surface area contributed by atoms with Crippen LogP contribution in [-0.2, 0) is 26.8 Å². The summed E-state index contributed by atoms with van der Waals surface area (Å²) >= 11 is 0. The van der Waals surface area contributed by atoms with Crippen molar-refractivity contribution < 1.29 is 30.0 Å². The maximum atomic E-state index is 12.4. The van der Waals surface area contributed by atoms with Crippen LogP contribution in [0.3, 0.4) is 0 Å². The van der Waals surface area contributed by atoms with E-state index in [-0.39, 0.29) is 17.8 Å². The zero-order chi connectivity index (χ0) is 18.1. The zero-order valence-corrected chi connectivity index (χ0v) is 14.1. The van der Waals surface area contributed by atoms with Crippen molar-refractivity contribution >= 4 is 25.9 Å². The molecular weight excluding hydrogens is 359 g/mol. The van der Waals surface area contributed by atoms with Gasteiger partial charge >= 0.3 is 15.5 Å². The second kappa shape index (κ2) is 6.63. The van der Waals surface area contributed by atoms with E-state index in [2.05, 4.69) is 0 Å². The van der Waals surface area contributed by atoms with E-state index < -0.39 is 25.7 Å². The van der Waals surface area contributed by atoms with Gasteiger partial charge in [0, 0.05) is 27.7 Å². The van der Waals surface area contributed by atoms with Gasteiger partial charge in [0.1, 0.15) is 0 Å². The number of hydrogen-bond acceptors (Lipinski definition) is 4. The van der Waals surface area contributed by atoms with Crippen molar-refractivity contribution in [3.05, 3.63) is 29.8 Å². The SMILES string of the molecule is CN(C)S(=O)(=O)N(C)Cc1ccccc1NS(=O)(=O)C(F)(F)F. The van der Waals surface area contributed by atoms with Crippen molar-refractivity contribution in [2.75, 3.05) is 25.9 Å². The summed E-state index contributed by atoms with van der Waals surface area (Å²) in [5, 5.41) is 0. The summed E-state index contributed by atoms with van der Waals surface area (Å²) in [7, 11) is -5.57. The molecule has 0 bridgehead atoms. The molecule has 12 heteroatoms. The van der Waals surface area contributed by atoms with Crippen LogP contribution >= 0.6 is 0 Å². The van der Waals surface area contributed by atoms with Gasteiger partial charge in [0.25, 0.3) is 10.2 Å². The summed E-state index contributed by atoms with van der Waals surface area (Å²) in [6.07, 6.45) is 0. The first-order valence-electron chi connectivity index (χ1n) is 6.10. The average Bonchev–Trinajstić information content (AvgIpc) is 2.39. The largest absolute Gasteiger partial charge is 0.516 e. The lowest BCUT2D eigenvalue weighted by Gasteiger charge is -2.22. The topological polar surface area (TPSA) is 86.8 Å². The molecule has 0 fully saturated rings. The Hall–Kier alpha value is -1.37. The summed E-state index contributed by atoms with van der Waals surface area (Å²) in [4.78, 5) is 0. The fourth-order valence-corrected chi connectivity index (χ4v) is 3.02. The monoisotopic (exact) mass is 375 g/mol. The number of nitrogens with zero attached hydrogens (tertiary/aromatic N) is 2. The van der Waals surface area contributed by atoms with E-state index in [4.69, 9.17) is 0 Å². The summed E-state index contributed by atoms with van der Waals surface area (Å²) < 4.78 is 86.8. The predicted octanol–water partition coefficient (Wildman–Crippen LogP) is 1.19. The Bertz CT molecular complexity index is 761. The van der Waals surface area contributed by atoms with Crippen LogP contribution in [0.5, 0.6) is 0 Å². The molecule has 0 aliphatic heterocycles. The summed E-state index contributed by atoms with van der Waals surface area (Å²) in [6, 6.07) is 5.24. The molecule has 0 saturated heterocycles. The van der Waals surface area contributed by atoms with Crippen molar-refractivity contribution in [3.63, 3.8) is 0 Å². The molecule has 1 aromatic rings. The molecule has 1 N–H and O–H groups in total. The minimum atomic E-state index is -5.59. The van der Waals surface area contributed by atoms with Crippen LogP contribution in [0.15, 0.2) is 24.3 Å². The number of sulfonamides is 1. The Morgan fingerprint density at radius 2 is 1.57 bits per heavy atom. The summed E-state index contributed by atoms with van der Waals surface area (Å²) in [5.41, 5.74) is -5.74. The van der Waals surface area contributed by atoms with Gasteiger partial charge in [-0.2, -0.15) is 38.6 Å². The molecule has 0 spiro atoms. The molecule has 0 aliphatic carbocycles. The van der Waals surface area contributed by atoms with Gasteiger partial charge < -0.3 is 0 Å². The first-order chi connectivity index (χ1) is 10.3. The van der Waals surface area contributed by atoms with E-state index in [9.17, 15) is 30.0 Å². The molecule has 0 atom stereocenters. The Morgan fingerprint density at radius 1 is 1.04 bits per heavy atom. The highest BCUT2D eigenvalue weighted by molar-refractivity contribution is 7.93. The molecule has 1 aromatic carbocycles. The van der Waals surface area contributed by atoms with Gasteiger partial charge in [0.15, 0.2) is 0 Å². The Labute approximate surface area is 132 Å². The van der Waals surface area contributed by atoms with E-state index in [0.717, 1.165) is 14.7 Å². The Morgan fingerprint density at radius 3 is 2.04 bits per heavy atom. The lowest BCUT2D eigenvalue weighted by atomic mass is 10.2. The van der Waals surface area contributed by atoms with Crippen LogP contribution in [0.2, 0.25) is 0 Å². The highest BCUT2D eigenvalue weighted by Crippen LogP contribution is 2.27. The van der Waals surface area contributed by atoms with Gasteiger partial charge in [0.05, 0.1) is 5.69 Å². The van der Waals surface area contributed by atoms with Gasteiger partial charge in [-0.25, -0.2) is 0 Å². The summed E-state index contributed by atoms with van der Waals surface area (Å²) in [6.45, 7) is -0.308. The second-order valence-electron chi connectivity index (χ2n) is 4.75. The lowest BCUT2D eigenvalue weighted by molar-refractivity contribution is -0.0429.